The van der Waals surface area contributed by atoms with Crippen LogP contribution in [0.3, 0.4) is 0 Å². The molecule has 1 atom stereocenters. The van der Waals surface area contributed by atoms with Crippen molar-refractivity contribution in [2.45, 2.75) is 25.8 Å². The summed E-state index contributed by atoms with van der Waals surface area (Å²) in [5.41, 5.74) is 0.517. The van der Waals surface area contributed by atoms with Gasteiger partial charge >= 0.3 is 5.97 Å². The van der Waals surface area contributed by atoms with E-state index in [1.54, 1.807) is 37.3 Å². The Kier molecular flexibility index (Phi) is 5.05. The van der Waals surface area contributed by atoms with Crippen LogP contribution >= 0.6 is 0 Å². The van der Waals surface area contributed by atoms with Gasteiger partial charge < -0.3 is 10.4 Å². The van der Waals surface area contributed by atoms with Crippen molar-refractivity contribution in [2.75, 3.05) is 0 Å². The maximum absolute atomic E-state index is 11.9. The van der Waals surface area contributed by atoms with Crippen molar-refractivity contribution >= 4 is 17.7 Å². The highest BCUT2D eigenvalue weighted by molar-refractivity contribution is 6.01. The van der Waals surface area contributed by atoms with Crippen LogP contribution in [0, 0.1) is 0 Å². The summed E-state index contributed by atoms with van der Waals surface area (Å²) < 4.78 is 0. The number of benzene rings is 1. The lowest BCUT2D eigenvalue weighted by Gasteiger charge is -2.12. The number of carbonyl (C=O) groups is 3. The molecule has 96 valence electrons. The number of aliphatic carboxylic acids is 1. The monoisotopic (exact) mass is 249 g/mol. The number of carboxylic acid groups (broad SMARTS) is 1. The third kappa shape index (κ3) is 4.37. The van der Waals surface area contributed by atoms with Crippen molar-refractivity contribution in [1.82, 2.24) is 5.32 Å². The molecule has 5 heteroatoms. The third-order valence-electron chi connectivity index (χ3n) is 2.40. The number of carboxylic acids is 1. The Bertz CT molecular complexity index is 442. The number of carbonyl (C=O) groups excluding carboxylic acids is 2. The first-order valence-electron chi connectivity index (χ1n) is 5.61. The SMILES string of the molecule is C[C@H](NC(=O)CCC(=O)O)C(=O)c1ccccc1. The van der Waals surface area contributed by atoms with Gasteiger partial charge in [-0.3, -0.25) is 14.4 Å². The zero-order valence-electron chi connectivity index (χ0n) is 10.1. The molecule has 1 aromatic carbocycles. The summed E-state index contributed by atoms with van der Waals surface area (Å²) in [7, 11) is 0. The highest BCUT2D eigenvalue weighted by Crippen LogP contribution is 2.03. The smallest absolute Gasteiger partial charge is 0.303 e. The molecule has 1 aromatic rings. The molecule has 0 bridgehead atoms. The van der Waals surface area contributed by atoms with Crippen molar-refractivity contribution in [3.8, 4) is 0 Å². The molecule has 0 fully saturated rings. The van der Waals surface area contributed by atoms with E-state index in [1.807, 2.05) is 0 Å². The molecule has 2 N–H and O–H groups in total. The van der Waals surface area contributed by atoms with E-state index >= 15 is 0 Å². The minimum Gasteiger partial charge on any atom is -0.481 e. The summed E-state index contributed by atoms with van der Waals surface area (Å²) in [6.45, 7) is 1.58. The number of amides is 1. The van der Waals surface area contributed by atoms with Crippen LogP contribution in [0.1, 0.15) is 30.1 Å². The Labute approximate surface area is 105 Å². The molecule has 0 saturated carbocycles. The van der Waals surface area contributed by atoms with Crippen LogP contribution in [0.15, 0.2) is 30.3 Å². The molecule has 0 aliphatic heterocycles. The molecule has 5 nitrogen and oxygen atoms in total. The lowest BCUT2D eigenvalue weighted by atomic mass is 10.1. The summed E-state index contributed by atoms with van der Waals surface area (Å²) in [6.07, 6.45) is -0.361. The third-order valence-corrected chi connectivity index (χ3v) is 2.40. The van der Waals surface area contributed by atoms with E-state index < -0.39 is 17.9 Å². The standard InChI is InChI=1S/C13H15NO4/c1-9(14-11(15)7-8-12(16)17)13(18)10-5-3-2-4-6-10/h2-6,9H,7-8H2,1H3,(H,14,15)(H,16,17)/t9-/m0/s1. The quantitative estimate of drug-likeness (QED) is 0.743. The number of hydrogen-bond donors (Lipinski definition) is 2. The number of nitrogens with one attached hydrogen (secondary N) is 1. The van der Waals surface area contributed by atoms with E-state index in [0.717, 1.165) is 0 Å². The molecule has 1 amide bonds. The Morgan fingerprint density at radius 2 is 1.78 bits per heavy atom. The maximum Gasteiger partial charge on any atom is 0.303 e. The molecule has 0 radical (unpaired) electrons. The normalized spacial score (nSPS) is 11.6. The van der Waals surface area contributed by atoms with Gasteiger partial charge in [-0.2, -0.15) is 0 Å². The van der Waals surface area contributed by atoms with Crippen LogP contribution < -0.4 is 5.32 Å². The van der Waals surface area contributed by atoms with Gasteiger partial charge in [-0.1, -0.05) is 30.3 Å². The highest BCUT2D eigenvalue weighted by Gasteiger charge is 2.17. The Morgan fingerprint density at radius 3 is 2.33 bits per heavy atom. The molecule has 0 heterocycles. The lowest BCUT2D eigenvalue weighted by Crippen LogP contribution is -2.38. The van der Waals surface area contributed by atoms with E-state index in [-0.39, 0.29) is 18.6 Å². The number of Topliss-reactive ketones (excluding diaryl/α,β-unsaturated/α-hetero) is 1. The number of hydrogen-bond acceptors (Lipinski definition) is 3. The zero-order chi connectivity index (χ0) is 13.5. The van der Waals surface area contributed by atoms with Crippen LogP contribution in [-0.4, -0.2) is 28.8 Å². The molecule has 0 unspecified atom stereocenters. The summed E-state index contributed by atoms with van der Waals surface area (Å²) in [5.74, 6) is -1.67. The first kappa shape index (κ1) is 13.9. The second-order valence-electron chi connectivity index (χ2n) is 3.91. The van der Waals surface area contributed by atoms with E-state index in [0.29, 0.717) is 5.56 Å². The van der Waals surface area contributed by atoms with Crippen molar-refractivity contribution in [2.24, 2.45) is 0 Å². The van der Waals surface area contributed by atoms with Gasteiger partial charge in [0.05, 0.1) is 12.5 Å². The number of ketones is 1. The molecular weight excluding hydrogens is 234 g/mol. The summed E-state index contributed by atoms with van der Waals surface area (Å²) in [5, 5.41) is 10.9. The van der Waals surface area contributed by atoms with Crippen LogP contribution in [-0.2, 0) is 9.59 Å². The van der Waals surface area contributed by atoms with Crippen LogP contribution in [0.5, 0.6) is 0 Å². The van der Waals surface area contributed by atoms with E-state index in [1.165, 1.54) is 0 Å². The summed E-state index contributed by atoms with van der Waals surface area (Å²) >= 11 is 0. The average molecular weight is 249 g/mol. The molecule has 0 aliphatic rings. The molecular formula is C13H15NO4. The molecule has 1 rings (SSSR count). The van der Waals surface area contributed by atoms with Crippen LogP contribution in [0.4, 0.5) is 0 Å². The maximum atomic E-state index is 11.9. The van der Waals surface area contributed by atoms with Crippen molar-refractivity contribution in [1.29, 1.82) is 0 Å². The average Bonchev–Trinajstić information content (AvgIpc) is 2.36. The van der Waals surface area contributed by atoms with Crippen LogP contribution in [0.25, 0.3) is 0 Å². The second kappa shape index (κ2) is 6.54. The van der Waals surface area contributed by atoms with Gasteiger partial charge in [0.2, 0.25) is 5.91 Å². The molecule has 0 spiro atoms. The minimum atomic E-state index is -1.04. The molecule has 0 aromatic heterocycles. The van der Waals surface area contributed by atoms with E-state index in [4.69, 9.17) is 5.11 Å². The second-order valence-corrected chi connectivity index (χ2v) is 3.91. The fraction of sp³-hybridized carbons (Fsp3) is 0.308. The van der Waals surface area contributed by atoms with Gasteiger partial charge in [0.1, 0.15) is 0 Å². The fourth-order valence-electron chi connectivity index (χ4n) is 1.45. The van der Waals surface area contributed by atoms with Crippen LogP contribution in [0.2, 0.25) is 0 Å². The van der Waals surface area contributed by atoms with Gasteiger partial charge in [-0.05, 0) is 6.92 Å². The first-order valence-corrected chi connectivity index (χ1v) is 5.61. The number of rotatable bonds is 6. The van der Waals surface area contributed by atoms with Gasteiger partial charge in [0.25, 0.3) is 0 Å². The topological polar surface area (TPSA) is 83.5 Å². The van der Waals surface area contributed by atoms with Crippen molar-refractivity contribution in [3.63, 3.8) is 0 Å². The Hall–Kier alpha value is -2.17. The largest absolute Gasteiger partial charge is 0.481 e. The van der Waals surface area contributed by atoms with E-state index in [2.05, 4.69) is 5.32 Å². The lowest BCUT2D eigenvalue weighted by molar-refractivity contribution is -0.138. The van der Waals surface area contributed by atoms with E-state index in [9.17, 15) is 14.4 Å². The Balaban J connectivity index is 2.50. The van der Waals surface area contributed by atoms with Gasteiger partial charge in [0.15, 0.2) is 5.78 Å². The first-order chi connectivity index (χ1) is 8.50. The molecule has 18 heavy (non-hydrogen) atoms. The molecule has 0 aliphatic carbocycles. The van der Waals surface area contributed by atoms with Crippen molar-refractivity contribution in [3.05, 3.63) is 35.9 Å². The highest BCUT2D eigenvalue weighted by atomic mass is 16.4. The van der Waals surface area contributed by atoms with Gasteiger partial charge in [0, 0.05) is 12.0 Å². The summed E-state index contributed by atoms with van der Waals surface area (Å²) in [4.78, 5) is 33.6. The minimum absolute atomic E-state index is 0.123. The van der Waals surface area contributed by atoms with Crippen molar-refractivity contribution < 1.29 is 19.5 Å². The summed E-state index contributed by atoms with van der Waals surface area (Å²) in [6, 6.07) is 7.96. The zero-order valence-corrected chi connectivity index (χ0v) is 10.1. The predicted octanol–water partition coefficient (Wildman–Crippen LogP) is 1.24. The van der Waals surface area contributed by atoms with Gasteiger partial charge in [-0.25, -0.2) is 0 Å². The predicted molar refractivity (Wildman–Crippen MR) is 65.2 cm³/mol. The van der Waals surface area contributed by atoms with Gasteiger partial charge in [-0.15, -0.1) is 0 Å². The fourth-order valence-corrected chi connectivity index (χ4v) is 1.45. The molecule has 0 saturated heterocycles. The Morgan fingerprint density at radius 1 is 1.17 bits per heavy atom.